The maximum atomic E-state index is 12.8. The summed E-state index contributed by atoms with van der Waals surface area (Å²) in [5, 5.41) is 4.38. The van der Waals surface area contributed by atoms with Gasteiger partial charge in [0.05, 0.1) is 18.3 Å². The van der Waals surface area contributed by atoms with Crippen LogP contribution in [0, 0.1) is 11.8 Å². The van der Waals surface area contributed by atoms with E-state index < -0.39 is 0 Å². The molecule has 24 heavy (non-hydrogen) atoms. The second kappa shape index (κ2) is 6.80. The topological polar surface area (TPSA) is 38.1 Å². The fourth-order valence-electron chi connectivity index (χ4n) is 4.30. The number of fused-ring (bicyclic) bond motifs is 1. The third-order valence-corrected chi connectivity index (χ3v) is 5.65. The zero-order valence-electron chi connectivity index (χ0n) is 14.1. The Balaban J connectivity index is 1.41. The number of piperidine rings is 1. The summed E-state index contributed by atoms with van der Waals surface area (Å²) in [5.74, 6) is 1.72. The van der Waals surface area contributed by atoms with Gasteiger partial charge in [0.1, 0.15) is 0 Å². The Labute approximate surface area is 143 Å². The average Bonchev–Trinajstić information content (AvgIpc) is 3.10. The highest BCUT2D eigenvalue weighted by molar-refractivity contribution is 5.93. The molecule has 4 rings (SSSR count). The first-order valence-corrected chi connectivity index (χ1v) is 9.15. The Kier molecular flexibility index (Phi) is 4.37. The predicted octanol–water partition coefficient (Wildman–Crippen LogP) is 3.58. The molecule has 126 valence electrons. The quantitative estimate of drug-likeness (QED) is 0.866. The van der Waals surface area contributed by atoms with Crippen LogP contribution in [0.1, 0.15) is 48.0 Å². The zero-order chi connectivity index (χ0) is 16.4. The molecule has 1 saturated carbocycles. The van der Waals surface area contributed by atoms with E-state index in [1.807, 2.05) is 29.1 Å². The van der Waals surface area contributed by atoms with Crippen LogP contribution in [0.25, 0.3) is 0 Å². The van der Waals surface area contributed by atoms with Crippen molar-refractivity contribution in [1.82, 2.24) is 14.7 Å². The van der Waals surface area contributed by atoms with Crippen molar-refractivity contribution < 1.29 is 4.79 Å². The molecule has 2 aromatic rings. The summed E-state index contributed by atoms with van der Waals surface area (Å²) in [6.07, 6.45) is 10.2. The molecule has 1 aliphatic carbocycles. The smallest absolute Gasteiger partial charge is 0.257 e. The van der Waals surface area contributed by atoms with E-state index in [4.69, 9.17) is 0 Å². The van der Waals surface area contributed by atoms with E-state index in [-0.39, 0.29) is 5.91 Å². The Bertz CT molecular complexity index is 694. The lowest BCUT2D eigenvalue weighted by Crippen LogP contribution is -2.44. The van der Waals surface area contributed by atoms with Gasteiger partial charge < -0.3 is 4.90 Å². The minimum atomic E-state index is 0.151. The van der Waals surface area contributed by atoms with Crippen molar-refractivity contribution in [2.45, 2.75) is 38.6 Å². The molecule has 0 N–H and O–H groups in total. The molecular formula is C20H25N3O. The van der Waals surface area contributed by atoms with Gasteiger partial charge in [0.2, 0.25) is 0 Å². The predicted molar refractivity (Wildman–Crippen MR) is 93.7 cm³/mol. The van der Waals surface area contributed by atoms with Gasteiger partial charge in [-0.25, -0.2) is 0 Å². The summed E-state index contributed by atoms with van der Waals surface area (Å²) in [6.45, 7) is 2.55. The molecule has 2 heterocycles. The van der Waals surface area contributed by atoms with Crippen molar-refractivity contribution in [2.75, 3.05) is 13.1 Å². The standard InChI is InChI=1S/C20H25N3O/c24-20(22-11-10-17-8-4-5-9-18(17)14-22)19-12-21-23(15-19)13-16-6-2-1-3-7-16/h1-3,6-7,12,15,17-18H,4-5,8-11,13-14H2/t17-,18-/m1/s1. The first-order chi connectivity index (χ1) is 11.8. The first-order valence-electron chi connectivity index (χ1n) is 9.15. The minimum Gasteiger partial charge on any atom is -0.338 e. The van der Waals surface area contributed by atoms with Gasteiger partial charge in [-0.15, -0.1) is 0 Å². The van der Waals surface area contributed by atoms with Crippen molar-refractivity contribution in [3.8, 4) is 0 Å². The fourth-order valence-corrected chi connectivity index (χ4v) is 4.30. The van der Waals surface area contributed by atoms with Crippen LogP contribution in [-0.2, 0) is 6.54 Å². The number of nitrogens with zero attached hydrogens (tertiary/aromatic N) is 3. The summed E-state index contributed by atoms with van der Waals surface area (Å²) in [6, 6.07) is 10.2. The largest absolute Gasteiger partial charge is 0.338 e. The van der Waals surface area contributed by atoms with Gasteiger partial charge in [0.25, 0.3) is 5.91 Å². The van der Waals surface area contributed by atoms with Crippen molar-refractivity contribution in [3.63, 3.8) is 0 Å². The van der Waals surface area contributed by atoms with Crippen LogP contribution in [0.15, 0.2) is 42.7 Å². The van der Waals surface area contributed by atoms with Crippen LogP contribution < -0.4 is 0 Å². The molecule has 4 nitrogen and oxygen atoms in total. The van der Waals surface area contributed by atoms with Crippen LogP contribution in [0.4, 0.5) is 0 Å². The Morgan fingerprint density at radius 2 is 1.88 bits per heavy atom. The van der Waals surface area contributed by atoms with Gasteiger partial charge in [-0.05, 0) is 30.2 Å². The van der Waals surface area contributed by atoms with Crippen molar-refractivity contribution >= 4 is 5.91 Å². The molecule has 2 atom stereocenters. The molecular weight excluding hydrogens is 298 g/mol. The lowest BCUT2D eigenvalue weighted by Gasteiger charge is -2.41. The molecule has 0 radical (unpaired) electrons. The third kappa shape index (κ3) is 3.23. The summed E-state index contributed by atoms with van der Waals surface area (Å²) in [5.41, 5.74) is 1.92. The highest BCUT2D eigenvalue weighted by atomic mass is 16.2. The van der Waals surface area contributed by atoms with Crippen LogP contribution in [0.2, 0.25) is 0 Å². The third-order valence-electron chi connectivity index (χ3n) is 5.65. The van der Waals surface area contributed by atoms with Gasteiger partial charge >= 0.3 is 0 Å². The zero-order valence-corrected chi connectivity index (χ0v) is 14.1. The summed E-state index contributed by atoms with van der Waals surface area (Å²) < 4.78 is 1.86. The number of amides is 1. The van der Waals surface area contributed by atoms with E-state index in [9.17, 15) is 4.79 Å². The lowest BCUT2D eigenvalue weighted by atomic mass is 9.75. The number of aromatic nitrogens is 2. The number of carbonyl (C=O) groups excluding carboxylic acids is 1. The van der Waals surface area contributed by atoms with Crippen molar-refractivity contribution in [1.29, 1.82) is 0 Å². The molecule has 1 aliphatic heterocycles. The second-order valence-corrected chi connectivity index (χ2v) is 7.26. The monoisotopic (exact) mass is 323 g/mol. The van der Waals surface area contributed by atoms with Crippen LogP contribution >= 0.6 is 0 Å². The van der Waals surface area contributed by atoms with Crippen LogP contribution in [0.3, 0.4) is 0 Å². The van der Waals surface area contributed by atoms with Gasteiger partial charge in [-0.1, -0.05) is 49.6 Å². The summed E-state index contributed by atoms with van der Waals surface area (Å²) in [4.78, 5) is 14.9. The number of hydrogen-bond donors (Lipinski definition) is 0. The Morgan fingerprint density at radius 3 is 2.71 bits per heavy atom. The normalized spacial score (nSPS) is 23.8. The molecule has 2 fully saturated rings. The van der Waals surface area contributed by atoms with E-state index in [0.29, 0.717) is 6.54 Å². The van der Waals surface area contributed by atoms with Gasteiger partial charge in [-0.3, -0.25) is 9.48 Å². The summed E-state index contributed by atoms with van der Waals surface area (Å²) >= 11 is 0. The fraction of sp³-hybridized carbons (Fsp3) is 0.500. The first kappa shape index (κ1) is 15.4. The minimum absolute atomic E-state index is 0.151. The van der Waals surface area contributed by atoms with Crippen LogP contribution in [0.5, 0.6) is 0 Å². The Hall–Kier alpha value is -2.10. The van der Waals surface area contributed by atoms with Gasteiger partial charge in [-0.2, -0.15) is 5.10 Å². The number of rotatable bonds is 3. The molecule has 1 aromatic carbocycles. The molecule has 1 aromatic heterocycles. The number of benzene rings is 1. The van der Waals surface area contributed by atoms with E-state index >= 15 is 0 Å². The summed E-state index contributed by atoms with van der Waals surface area (Å²) in [7, 11) is 0. The highest BCUT2D eigenvalue weighted by Crippen LogP contribution is 2.36. The van der Waals surface area contributed by atoms with E-state index in [1.54, 1.807) is 6.20 Å². The molecule has 0 bridgehead atoms. The van der Waals surface area contributed by atoms with Gasteiger partial charge in [0.15, 0.2) is 0 Å². The van der Waals surface area contributed by atoms with Crippen LogP contribution in [-0.4, -0.2) is 33.7 Å². The van der Waals surface area contributed by atoms with Gasteiger partial charge in [0, 0.05) is 19.3 Å². The van der Waals surface area contributed by atoms with E-state index in [0.717, 1.165) is 30.5 Å². The second-order valence-electron chi connectivity index (χ2n) is 7.26. The van der Waals surface area contributed by atoms with E-state index in [2.05, 4.69) is 22.1 Å². The molecule has 1 amide bonds. The molecule has 2 aliphatic rings. The maximum Gasteiger partial charge on any atom is 0.257 e. The lowest BCUT2D eigenvalue weighted by molar-refractivity contribution is 0.0521. The highest BCUT2D eigenvalue weighted by Gasteiger charge is 2.33. The number of likely N-dealkylation sites (tertiary alicyclic amines) is 1. The SMILES string of the molecule is O=C(c1cnn(Cc2ccccc2)c1)N1CC[C@H]2CCCC[C@@H]2C1. The van der Waals surface area contributed by atoms with E-state index in [1.165, 1.54) is 37.7 Å². The molecule has 0 spiro atoms. The number of hydrogen-bond acceptors (Lipinski definition) is 2. The van der Waals surface area contributed by atoms with Crippen molar-refractivity contribution in [2.24, 2.45) is 11.8 Å². The Morgan fingerprint density at radius 1 is 1.08 bits per heavy atom. The molecule has 4 heteroatoms. The average molecular weight is 323 g/mol. The maximum absolute atomic E-state index is 12.8. The molecule has 1 saturated heterocycles. The van der Waals surface area contributed by atoms with Crippen molar-refractivity contribution in [3.05, 3.63) is 53.9 Å². The molecule has 0 unspecified atom stereocenters. The number of carbonyl (C=O) groups is 1.